The molecule has 31 heavy (non-hydrogen) atoms. The largest absolute Gasteiger partial charge is 0.342 e. The van der Waals surface area contributed by atoms with E-state index in [2.05, 4.69) is 22.0 Å². The van der Waals surface area contributed by atoms with E-state index in [1.807, 2.05) is 23.1 Å². The number of nitrogens with zero attached hydrogens (tertiary/aromatic N) is 4. The van der Waals surface area contributed by atoms with Crippen LogP contribution in [0.5, 0.6) is 0 Å². The van der Waals surface area contributed by atoms with Gasteiger partial charge in [0, 0.05) is 57.4 Å². The average molecular weight is 423 g/mol. The Morgan fingerprint density at radius 2 is 1.74 bits per heavy atom. The highest BCUT2D eigenvalue weighted by atomic mass is 19.1. The van der Waals surface area contributed by atoms with Gasteiger partial charge in [0.1, 0.15) is 0 Å². The molecule has 3 fully saturated rings. The van der Waals surface area contributed by atoms with E-state index >= 15 is 0 Å². The zero-order valence-corrected chi connectivity index (χ0v) is 17.5. The molecule has 1 unspecified atom stereocenters. The Balaban J connectivity index is 1.34. The molecule has 0 bridgehead atoms. The number of hydrogen-bond donors (Lipinski definition) is 0. The van der Waals surface area contributed by atoms with E-state index in [1.165, 1.54) is 23.9 Å². The fraction of sp³-hybridized carbons (Fsp3) is 0.458. The third-order valence-corrected chi connectivity index (χ3v) is 6.94. The number of likely N-dealkylation sites (tertiary alicyclic amines) is 3. The lowest BCUT2D eigenvalue weighted by molar-refractivity contribution is -0.141. The number of carbonyl (C=O) groups is 2. The standard InChI is InChI=1S/C24H27FN4O2/c25-20-9-6-10-26-21(20)23(31)29-16-24(17-29)15-27(13-18-7-2-1-3-8-18)14-19(24)22(30)28-11-4-5-12-28/h1-3,6-10,19H,4-5,11-17H2. The van der Waals surface area contributed by atoms with Gasteiger partial charge < -0.3 is 9.80 Å². The molecule has 0 aliphatic carbocycles. The first kappa shape index (κ1) is 20.1. The summed E-state index contributed by atoms with van der Waals surface area (Å²) in [6.45, 7) is 4.84. The predicted molar refractivity (Wildman–Crippen MR) is 114 cm³/mol. The Morgan fingerprint density at radius 1 is 1.00 bits per heavy atom. The van der Waals surface area contributed by atoms with Crippen molar-refractivity contribution >= 4 is 11.8 Å². The first-order valence-electron chi connectivity index (χ1n) is 11.0. The molecule has 1 atom stereocenters. The normalized spacial score (nSPS) is 22.7. The molecule has 0 N–H and O–H groups in total. The van der Waals surface area contributed by atoms with E-state index in [-0.39, 0.29) is 22.9 Å². The highest BCUT2D eigenvalue weighted by molar-refractivity contribution is 5.93. The number of halogens is 1. The van der Waals surface area contributed by atoms with Crippen LogP contribution < -0.4 is 0 Å². The molecule has 1 aromatic carbocycles. The molecule has 3 aliphatic heterocycles. The van der Waals surface area contributed by atoms with Gasteiger partial charge >= 0.3 is 0 Å². The van der Waals surface area contributed by atoms with Gasteiger partial charge in [-0.2, -0.15) is 0 Å². The molecule has 0 radical (unpaired) electrons. The van der Waals surface area contributed by atoms with E-state index < -0.39 is 11.7 Å². The van der Waals surface area contributed by atoms with E-state index in [4.69, 9.17) is 0 Å². The Bertz CT molecular complexity index is 971. The molecular formula is C24H27FN4O2. The minimum Gasteiger partial charge on any atom is -0.342 e. The van der Waals surface area contributed by atoms with Crippen LogP contribution in [0.4, 0.5) is 4.39 Å². The molecule has 2 amide bonds. The lowest BCUT2D eigenvalue weighted by Crippen LogP contribution is -2.64. The van der Waals surface area contributed by atoms with Crippen LogP contribution in [0, 0.1) is 17.2 Å². The van der Waals surface area contributed by atoms with Gasteiger partial charge in [-0.25, -0.2) is 9.37 Å². The summed E-state index contributed by atoms with van der Waals surface area (Å²) in [5.41, 5.74) is 0.809. The van der Waals surface area contributed by atoms with Crippen molar-refractivity contribution in [2.75, 3.05) is 39.3 Å². The van der Waals surface area contributed by atoms with Crippen LogP contribution in [0.15, 0.2) is 48.7 Å². The van der Waals surface area contributed by atoms with Crippen molar-refractivity contribution in [3.63, 3.8) is 0 Å². The van der Waals surface area contributed by atoms with Gasteiger partial charge in [-0.1, -0.05) is 30.3 Å². The molecule has 0 saturated carbocycles. The molecule has 2 aromatic rings. The number of amides is 2. The third-order valence-electron chi connectivity index (χ3n) is 6.94. The third kappa shape index (κ3) is 3.71. The summed E-state index contributed by atoms with van der Waals surface area (Å²) >= 11 is 0. The van der Waals surface area contributed by atoms with E-state index in [1.54, 1.807) is 4.90 Å². The quantitative estimate of drug-likeness (QED) is 0.760. The van der Waals surface area contributed by atoms with Crippen molar-refractivity contribution in [1.82, 2.24) is 19.7 Å². The van der Waals surface area contributed by atoms with Crippen LogP contribution in [0.1, 0.15) is 28.9 Å². The Labute approximate surface area is 181 Å². The number of aromatic nitrogens is 1. The fourth-order valence-electron chi connectivity index (χ4n) is 5.40. The second-order valence-electron chi connectivity index (χ2n) is 9.10. The molecule has 5 rings (SSSR count). The molecule has 1 spiro atoms. The molecule has 3 saturated heterocycles. The zero-order valence-electron chi connectivity index (χ0n) is 17.5. The minimum absolute atomic E-state index is 0.132. The second-order valence-corrected chi connectivity index (χ2v) is 9.10. The van der Waals surface area contributed by atoms with Gasteiger partial charge in [-0.3, -0.25) is 14.5 Å². The van der Waals surface area contributed by atoms with Gasteiger partial charge in [0.05, 0.1) is 5.92 Å². The van der Waals surface area contributed by atoms with Crippen LogP contribution in [0.2, 0.25) is 0 Å². The van der Waals surface area contributed by atoms with Gasteiger partial charge in [0.25, 0.3) is 5.91 Å². The zero-order chi connectivity index (χ0) is 21.4. The SMILES string of the molecule is O=C(c1ncccc1F)N1CC2(CN(Cc3ccccc3)CC2C(=O)N2CCCC2)C1. The van der Waals surface area contributed by atoms with Crippen LogP contribution in [-0.2, 0) is 11.3 Å². The van der Waals surface area contributed by atoms with E-state index in [9.17, 15) is 14.0 Å². The lowest BCUT2D eigenvalue weighted by Gasteiger charge is -2.50. The molecular weight excluding hydrogens is 395 g/mol. The summed E-state index contributed by atoms with van der Waals surface area (Å²) in [7, 11) is 0. The average Bonchev–Trinajstić information content (AvgIpc) is 3.41. The van der Waals surface area contributed by atoms with Crippen LogP contribution in [-0.4, -0.2) is 70.8 Å². The van der Waals surface area contributed by atoms with Gasteiger partial charge in [-0.15, -0.1) is 0 Å². The Hall–Kier alpha value is -2.80. The van der Waals surface area contributed by atoms with Crippen molar-refractivity contribution in [3.05, 3.63) is 65.7 Å². The number of pyridine rings is 1. The van der Waals surface area contributed by atoms with Gasteiger partial charge in [0.2, 0.25) is 5.91 Å². The molecule has 3 aliphatic rings. The highest BCUT2D eigenvalue weighted by Crippen LogP contribution is 2.46. The number of carbonyl (C=O) groups excluding carboxylic acids is 2. The summed E-state index contributed by atoms with van der Waals surface area (Å²) < 4.78 is 14.1. The Kier molecular flexibility index (Phi) is 5.22. The van der Waals surface area contributed by atoms with Crippen molar-refractivity contribution in [2.45, 2.75) is 19.4 Å². The smallest absolute Gasteiger partial charge is 0.275 e. The van der Waals surface area contributed by atoms with Crippen molar-refractivity contribution in [2.24, 2.45) is 11.3 Å². The van der Waals surface area contributed by atoms with E-state index in [0.717, 1.165) is 39.0 Å². The van der Waals surface area contributed by atoms with Crippen LogP contribution in [0.3, 0.4) is 0 Å². The molecule has 6 nitrogen and oxygen atoms in total. The maximum absolute atomic E-state index is 14.1. The topological polar surface area (TPSA) is 56.8 Å². The summed E-state index contributed by atoms with van der Waals surface area (Å²) in [4.78, 5) is 36.1. The predicted octanol–water partition coefficient (Wildman–Crippen LogP) is 2.42. The maximum Gasteiger partial charge on any atom is 0.275 e. The number of hydrogen-bond acceptors (Lipinski definition) is 4. The summed E-state index contributed by atoms with van der Waals surface area (Å²) in [6.07, 6.45) is 3.55. The molecule has 1 aromatic heterocycles. The maximum atomic E-state index is 14.1. The van der Waals surface area contributed by atoms with Crippen LogP contribution in [0.25, 0.3) is 0 Å². The summed E-state index contributed by atoms with van der Waals surface area (Å²) in [5.74, 6) is -0.913. The summed E-state index contributed by atoms with van der Waals surface area (Å²) in [5, 5.41) is 0. The Morgan fingerprint density at radius 3 is 2.45 bits per heavy atom. The number of rotatable bonds is 4. The first-order chi connectivity index (χ1) is 15.1. The van der Waals surface area contributed by atoms with Crippen molar-refractivity contribution in [3.8, 4) is 0 Å². The van der Waals surface area contributed by atoms with Crippen molar-refractivity contribution in [1.29, 1.82) is 0 Å². The van der Waals surface area contributed by atoms with Crippen molar-refractivity contribution < 1.29 is 14.0 Å². The highest BCUT2D eigenvalue weighted by Gasteiger charge is 2.58. The van der Waals surface area contributed by atoms with Crippen LogP contribution >= 0.6 is 0 Å². The lowest BCUT2D eigenvalue weighted by atomic mass is 9.70. The van der Waals surface area contributed by atoms with Gasteiger partial charge in [-0.05, 0) is 30.5 Å². The summed E-state index contributed by atoms with van der Waals surface area (Å²) in [6, 6.07) is 13.0. The number of benzene rings is 1. The monoisotopic (exact) mass is 422 g/mol. The molecule has 162 valence electrons. The first-order valence-corrected chi connectivity index (χ1v) is 11.0. The van der Waals surface area contributed by atoms with E-state index in [0.29, 0.717) is 19.6 Å². The second kappa shape index (κ2) is 8.04. The fourth-order valence-corrected chi connectivity index (χ4v) is 5.40. The molecule has 7 heteroatoms. The minimum atomic E-state index is -0.602. The van der Waals surface area contributed by atoms with Gasteiger partial charge in [0.15, 0.2) is 11.5 Å². The molecule has 4 heterocycles.